The van der Waals surface area contributed by atoms with Crippen LogP contribution >= 0.6 is 0 Å². The van der Waals surface area contributed by atoms with Crippen molar-refractivity contribution < 1.29 is 0 Å². The molecule has 2 heterocycles. The molecule has 3 rings (SSSR count). The van der Waals surface area contributed by atoms with Crippen molar-refractivity contribution in [1.82, 2.24) is 14.6 Å². The van der Waals surface area contributed by atoms with Gasteiger partial charge in [-0.3, -0.25) is 4.40 Å². The lowest BCUT2D eigenvalue weighted by Gasteiger charge is -2.10. The first-order chi connectivity index (χ1) is 11.7. The van der Waals surface area contributed by atoms with Crippen molar-refractivity contribution in [3.05, 3.63) is 60.0 Å². The molecule has 0 spiro atoms. The number of hydrogen-bond acceptors (Lipinski definition) is 3. The maximum Gasteiger partial charge on any atom is 0.193 e. The first-order valence-electron chi connectivity index (χ1n) is 8.13. The second-order valence-corrected chi connectivity index (χ2v) is 5.80. The van der Waals surface area contributed by atoms with Crippen LogP contribution in [0.3, 0.4) is 0 Å². The predicted molar refractivity (Wildman–Crippen MR) is 97.1 cm³/mol. The fourth-order valence-corrected chi connectivity index (χ4v) is 2.47. The Labute approximate surface area is 141 Å². The van der Waals surface area contributed by atoms with E-state index in [-0.39, 0.29) is 0 Å². The summed E-state index contributed by atoms with van der Waals surface area (Å²) in [5.74, 6) is 1.67. The van der Waals surface area contributed by atoms with Crippen molar-refractivity contribution in [3.8, 4) is 0 Å². The number of pyridine rings is 1. The second kappa shape index (κ2) is 7.12. The summed E-state index contributed by atoms with van der Waals surface area (Å²) >= 11 is 0. The van der Waals surface area contributed by atoms with E-state index in [1.807, 2.05) is 40.9 Å². The van der Waals surface area contributed by atoms with Crippen LogP contribution < -0.4 is 11.1 Å². The zero-order chi connectivity index (χ0) is 16.9. The molecule has 3 N–H and O–H groups in total. The number of fused-ring (bicyclic) bond motifs is 1. The Kier molecular flexibility index (Phi) is 4.74. The molecule has 1 atom stereocenters. The monoisotopic (exact) mass is 322 g/mol. The number of aromatic nitrogens is 3. The molecule has 2 aromatic heterocycles. The molecule has 24 heavy (non-hydrogen) atoms. The first-order valence-corrected chi connectivity index (χ1v) is 8.13. The number of nitrogens with one attached hydrogen (secondary N) is 1. The van der Waals surface area contributed by atoms with Crippen molar-refractivity contribution in [2.75, 3.05) is 5.32 Å². The minimum Gasteiger partial charge on any atom is -0.370 e. The van der Waals surface area contributed by atoms with Crippen LogP contribution in [0.5, 0.6) is 0 Å². The molecule has 6 heteroatoms. The summed E-state index contributed by atoms with van der Waals surface area (Å²) in [6.07, 6.45) is 3.04. The lowest BCUT2D eigenvalue weighted by atomic mass is 9.99. The van der Waals surface area contributed by atoms with E-state index in [0.717, 1.165) is 23.6 Å². The molecular formula is C18H22N6. The average molecular weight is 322 g/mol. The highest BCUT2D eigenvalue weighted by Crippen LogP contribution is 2.20. The van der Waals surface area contributed by atoms with E-state index in [4.69, 9.17) is 5.73 Å². The molecule has 0 fully saturated rings. The quantitative estimate of drug-likeness (QED) is 0.558. The standard InChI is InChI=1S/C18H22N6/c1-3-13(2)14-7-9-15(10-8-14)21-18(19)20-12-17-23-22-16-6-4-5-11-24(16)17/h4-11,13H,3,12H2,1-2H3,(H3,19,20,21). The van der Waals surface area contributed by atoms with Crippen molar-refractivity contribution in [1.29, 1.82) is 0 Å². The number of aliphatic imine (C=N–C) groups is 1. The Hall–Kier alpha value is -2.89. The third-order valence-electron chi connectivity index (χ3n) is 4.14. The molecule has 6 nitrogen and oxygen atoms in total. The Balaban J connectivity index is 1.66. The highest BCUT2D eigenvalue weighted by molar-refractivity contribution is 5.92. The molecule has 1 unspecified atom stereocenters. The fraction of sp³-hybridized carbons (Fsp3) is 0.278. The number of rotatable bonds is 5. The van der Waals surface area contributed by atoms with Gasteiger partial charge in [0.2, 0.25) is 0 Å². The van der Waals surface area contributed by atoms with Gasteiger partial charge in [-0.1, -0.05) is 32.0 Å². The van der Waals surface area contributed by atoms with Crippen molar-refractivity contribution in [3.63, 3.8) is 0 Å². The number of hydrogen-bond donors (Lipinski definition) is 2. The number of anilines is 1. The molecular weight excluding hydrogens is 300 g/mol. The molecule has 0 saturated heterocycles. The van der Waals surface area contributed by atoms with Crippen molar-refractivity contribution in [2.24, 2.45) is 10.7 Å². The third kappa shape index (κ3) is 3.53. The Morgan fingerprint density at radius 3 is 2.75 bits per heavy atom. The molecule has 0 saturated carbocycles. The normalized spacial score (nSPS) is 13.2. The van der Waals surface area contributed by atoms with Gasteiger partial charge in [0, 0.05) is 11.9 Å². The summed E-state index contributed by atoms with van der Waals surface area (Å²) in [6.45, 7) is 4.78. The van der Waals surface area contributed by atoms with E-state index >= 15 is 0 Å². The Bertz CT molecular complexity index is 834. The molecule has 124 valence electrons. The van der Waals surface area contributed by atoms with Gasteiger partial charge >= 0.3 is 0 Å². The maximum atomic E-state index is 5.97. The summed E-state index contributed by atoms with van der Waals surface area (Å²) in [5, 5.41) is 11.3. The maximum absolute atomic E-state index is 5.97. The number of benzene rings is 1. The van der Waals surface area contributed by atoms with Crippen LogP contribution in [0.1, 0.15) is 37.6 Å². The summed E-state index contributed by atoms with van der Waals surface area (Å²) < 4.78 is 1.90. The molecule has 0 amide bonds. The van der Waals surface area contributed by atoms with Crippen LogP contribution in [0, 0.1) is 0 Å². The number of nitrogens with two attached hydrogens (primary N) is 1. The molecule has 0 bridgehead atoms. The van der Waals surface area contributed by atoms with Gasteiger partial charge in [0.15, 0.2) is 17.4 Å². The topological polar surface area (TPSA) is 80.6 Å². The Morgan fingerprint density at radius 1 is 1.21 bits per heavy atom. The van der Waals surface area contributed by atoms with Gasteiger partial charge < -0.3 is 11.1 Å². The van der Waals surface area contributed by atoms with Gasteiger partial charge in [0.25, 0.3) is 0 Å². The minimum absolute atomic E-state index is 0.360. The van der Waals surface area contributed by atoms with Gasteiger partial charge in [0.1, 0.15) is 6.54 Å². The van der Waals surface area contributed by atoms with Gasteiger partial charge in [-0.15, -0.1) is 10.2 Å². The van der Waals surface area contributed by atoms with Crippen molar-refractivity contribution in [2.45, 2.75) is 32.7 Å². The summed E-state index contributed by atoms with van der Waals surface area (Å²) in [7, 11) is 0. The van der Waals surface area contributed by atoms with Crippen LogP contribution in [-0.4, -0.2) is 20.6 Å². The van der Waals surface area contributed by atoms with E-state index in [1.165, 1.54) is 5.56 Å². The summed E-state index contributed by atoms with van der Waals surface area (Å²) in [4.78, 5) is 4.35. The van der Waals surface area contributed by atoms with Gasteiger partial charge in [-0.2, -0.15) is 0 Å². The van der Waals surface area contributed by atoms with E-state index in [2.05, 4.69) is 46.5 Å². The summed E-state index contributed by atoms with van der Waals surface area (Å²) in [6, 6.07) is 14.1. The van der Waals surface area contributed by atoms with Gasteiger partial charge in [0.05, 0.1) is 0 Å². The van der Waals surface area contributed by atoms with Crippen LogP contribution in [0.4, 0.5) is 5.69 Å². The number of nitrogens with zero attached hydrogens (tertiary/aromatic N) is 4. The highest BCUT2D eigenvalue weighted by Gasteiger charge is 2.05. The smallest absolute Gasteiger partial charge is 0.193 e. The summed E-state index contributed by atoms with van der Waals surface area (Å²) in [5.41, 5.74) is 9.03. The number of guanidine groups is 1. The lowest BCUT2D eigenvalue weighted by Crippen LogP contribution is -2.22. The van der Waals surface area contributed by atoms with E-state index < -0.39 is 0 Å². The third-order valence-corrected chi connectivity index (χ3v) is 4.14. The van der Waals surface area contributed by atoms with Crippen LogP contribution in [0.25, 0.3) is 5.65 Å². The van der Waals surface area contributed by atoms with Crippen molar-refractivity contribution >= 4 is 17.3 Å². The zero-order valence-corrected chi connectivity index (χ0v) is 14.0. The minimum atomic E-state index is 0.360. The molecule has 0 aliphatic rings. The van der Waals surface area contributed by atoms with Crippen LogP contribution in [-0.2, 0) is 6.54 Å². The van der Waals surface area contributed by atoms with E-state index in [1.54, 1.807) is 0 Å². The highest BCUT2D eigenvalue weighted by atomic mass is 15.3. The lowest BCUT2D eigenvalue weighted by molar-refractivity contribution is 0.734. The second-order valence-electron chi connectivity index (χ2n) is 5.80. The van der Waals surface area contributed by atoms with E-state index in [0.29, 0.717) is 18.4 Å². The van der Waals surface area contributed by atoms with Gasteiger partial charge in [-0.25, -0.2) is 4.99 Å². The molecule has 0 aliphatic heterocycles. The molecule has 0 aliphatic carbocycles. The predicted octanol–water partition coefficient (Wildman–Crippen LogP) is 3.17. The Morgan fingerprint density at radius 2 is 2.00 bits per heavy atom. The van der Waals surface area contributed by atoms with Gasteiger partial charge in [-0.05, 0) is 42.2 Å². The first kappa shape index (κ1) is 16.0. The largest absolute Gasteiger partial charge is 0.370 e. The molecule has 3 aromatic rings. The fourth-order valence-electron chi connectivity index (χ4n) is 2.47. The SMILES string of the molecule is CCC(C)c1ccc(NC(N)=NCc2nnc3ccccn23)cc1. The van der Waals surface area contributed by atoms with Crippen LogP contribution in [0.2, 0.25) is 0 Å². The average Bonchev–Trinajstić information content (AvgIpc) is 3.03. The molecule has 0 radical (unpaired) electrons. The zero-order valence-electron chi connectivity index (χ0n) is 14.0. The van der Waals surface area contributed by atoms with Crippen LogP contribution in [0.15, 0.2) is 53.7 Å². The van der Waals surface area contributed by atoms with E-state index in [9.17, 15) is 0 Å². The molecule has 1 aromatic carbocycles.